The van der Waals surface area contributed by atoms with E-state index in [1.54, 1.807) is 24.3 Å². The first kappa shape index (κ1) is 19.2. The molecule has 4 rings (SSSR count). The Labute approximate surface area is 177 Å². The zero-order chi connectivity index (χ0) is 20.5. The van der Waals surface area contributed by atoms with Crippen LogP contribution in [0.4, 0.5) is 20.2 Å². The number of ether oxygens (including phenoxy) is 3. The highest BCUT2D eigenvalue weighted by molar-refractivity contribution is 14.1. The number of carbonyl (C=O) groups is 1. The smallest absolute Gasteiger partial charge is 0.254 e. The summed E-state index contributed by atoms with van der Waals surface area (Å²) >= 11 is 1.96. The van der Waals surface area contributed by atoms with Gasteiger partial charge >= 0.3 is 0 Å². The molecule has 0 aromatic heterocycles. The summed E-state index contributed by atoms with van der Waals surface area (Å²) in [6.07, 6.45) is 0. The Morgan fingerprint density at radius 3 is 2.59 bits per heavy atom. The van der Waals surface area contributed by atoms with Crippen molar-refractivity contribution in [2.24, 2.45) is 5.73 Å². The largest absolute Gasteiger partial charge is 0.456 e. The van der Waals surface area contributed by atoms with Gasteiger partial charge in [0, 0.05) is 15.7 Å². The van der Waals surface area contributed by atoms with Crippen molar-refractivity contribution in [1.82, 2.24) is 0 Å². The van der Waals surface area contributed by atoms with Crippen LogP contribution in [0.1, 0.15) is 10.4 Å². The van der Waals surface area contributed by atoms with Crippen LogP contribution in [0.25, 0.3) is 0 Å². The monoisotopic (exact) mass is 510 g/mol. The third-order valence-electron chi connectivity index (χ3n) is 4.09. The fourth-order valence-corrected chi connectivity index (χ4v) is 3.27. The number of carbonyl (C=O) groups excluding carboxylic acids is 1. The lowest BCUT2D eigenvalue weighted by molar-refractivity contribution is 0.0999. The number of benzene rings is 3. The van der Waals surface area contributed by atoms with Crippen molar-refractivity contribution in [2.75, 3.05) is 12.1 Å². The molecule has 9 heteroatoms. The van der Waals surface area contributed by atoms with E-state index >= 15 is 0 Å². The topological polar surface area (TPSA) is 82.8 Å². The zero-order valence-corrected chi connectivity index (χ0v) is 16.8. The molecule has 1 aliphatic heterocycles. The molecule has 3 aromatic rings. The summed E-state index contributed by atoms with van der Waals surface area (Å²) in [6.45, 7) is 0.0843. The van der Waals surface area contributed by atoms with Crippen LogP contribution in [0.15, 0.2) is 48.5 Å². The molecule has 3 aromatic carbocycles. The summed E-state index contributed by atoms with van der Waals surface area (Å²) in [5, 5.41) is 2.71. The van der Waals surface area contributed by atoms with Crippen LogP contribution in [0.3, 0.4) is 0 Å². The summed E-state index contributed by atoms with van der Waals surface area (Å²) in [5.41, 5.74) is 5.42. The van der Waals surface area contributed by atoms with Gasteiger partial charge in [0.15, 0.2) is 11.5 Å². The highest BCUT2D eigenvalue weighted by Crippen LogP contribution is 2.39. The Morgan fingerprint density at radius 2 is 1.83 bits per heavy atom. The molecule has 148 valence electrons. The van der Waals surface area contributed by atoms with Crippen molar-refractivity contribution >= 4 is 39.9 Å². The van der Waals surface area contributed by atoms with E-state index in [0.717, 1.165) is 12.1 Å². The fraction of sp³-hybridized carbons (Fsp3) is 0.0500. The minimum atomic E-state index is -0.867. The molecule has 0 unspecified atom stereocenters. The number of fused-ring (bicyclic) bond motifs is 1. The van der Waals surface area contributed by atoms with Gasteiger partial charge in [-0.25, -0.2) is 8.78 Å². The van der Waals surface area contributed by atoms with Gasteiger partial charge in [0.05, 0.1) is 11.4 Å². The van der Waals surface area contributed by atoms with Crippen LogP contribution >= 0.6 is 22.6 Å². The average molecular weight is 510 g/mol. The van der Waals surface area contributed by atoms with Crippen molar-refractivity contribution < 1.29 is 27.8 Å². The highest BCUT2D eigenvalue weighted by Gasteiger charge is 2.21. The standard InChI is InChI=1S/C20H13F2IN2O4/c21-10-5-15(25-14-3-1-11(23)7-13(14)22)19(20(24)26)18(6-10)29-12-2-4-16-17(8-12)28-9-27-16/h1-8,25H,9H2,(H2,24,26). The first-order valence-electron chi connectivity index (χ1n) is 8.33. The molecule has 0 atom stereocenters. The number of hydrogen-bond donors (Lipinski definition) is 2. The van der Waals surface area contributed by atoms with E-state index in [1.165, 1.54) is 12.1 Å². The van der Waals surface area contributed by atoms with Crippen LogP contribution in [-0.2, 0) is 0 Å². The van der Waals surface area contributed by atoms with Gasteiger partial charge in [0.1, 0.15) is 28.7 Å². The van der Waals surface area contributed by atoms with Crippen LogP contribution in [0.2, 0.25) is 0 Å². The Kier molecular flexibility index (Phi) is 5.14. The Morgan fingerprint density at radius 1 is 1.03 bits per heavy atom. The molecule has 6 nitrogen and oxygen atoms in total. The third kappa shape index (κ3) is 4.04. The van der Waals surface area contributed by atoms with Gasteiger partial charge in [-0.3, -0.25) is 4.79 Å². The molecule has 0 radical (unpaired) electrons. The van der Waals surface area contributed by atoms with Crippen molar-refractivity contribution in [3.63, 3.8) is 0 Å². The Bertz CT molecular complexity index is 1120. The minimum Gasteiger partial charge on any atom is -0.456 e. The first-order chi connectivity index (χ1) is 13.9. The van der Waals surface area contributed by atoms with E-state index < -0.39 is 17.5 Å². The van der Waals surface area contributed by atoms with Crippen LogP contribution < -0.4 is 25.3 Å². The number of primary amides is 1. The number of rotatable bonds is 5. The average Bonchev–Trinajstić information content (AvgIpc) is 3.11. The van der Waals surface area contributed by atoms with Gasteiger partial charge in [-0.15, -0.1) is 0 Å². The second-order valence-electron chi connectivity index (χ2n) is 6.06. The number of anilines is 2. The van der Waals surface area contributed by atoms with Gasteiger partial charge in [-0.05, 0) is 59.0 Å². The summed E-state index contributed by atoms with van der Waals surface area (Å²) in [6, 6.07) is 11.3. The lowest BCUT2D eigenvalue weighted by Gasteiger charge is -2.16. The molecule has 0 fully saturated rings. The third-order valence-corrected chi connectivity index (χ3v) is 4.76. The minimum absolute atomic E-state index is 0.0200. The number of nitrogens with one attached hydrogen (secondary N) is 1. The summed E-state index contributed by atoms with van der Waals surface area (Å²) in [5.74, 6) is -0.955. The van der Waals surface area contributed by atoms with E-state index in [1.807, 2.05) is 22.6 Å². The zero-order valence-electron chi connectivity index (χ0n) is 14.7. The van der Waals surface area contributed by atoms with E-state index in [2.05, 4.69) is 5.32 Å². The number of hydrogen-bond acceptors (Lipinski definition) is 5. The lowest BCUT2D eigenvalue weighted by atomic mass is 10.1. The maximum absolute atomic E-state index is 14.2. The van der Waals surface area contributed by atoms with E-state index in [0.29, 0.717) is 15.1 Å². The van der Waals surface area contributed by atoms with Crippen molar-refractivity contribution in [3.8, 4) is 23.0 Å². The van der Waals surface area contributed by atoms with E-state index in [9.17, 15) is 13.6 Å². The van der Waals surface area contributed by atoms with Gasteiger partial charge in [0.25, 0.3) is 5.91 Å². The molecule has 0 saturated heterocycles. The molecule has 0 bridgehead atoms. The van der Waals surface area contributed by atoms with Crippen molar-refractivity contribution in [2.45, 2.75) is 0 Å². The SMILES string of the molecule is NC(=O)c1c(Nc2ccc(I)cc2F)cc(F)cc1Oc1ccc2c(c1)OCO2. The van der Waals surface area contributed by atoms with E-state index in [4.69, 9.17) is 19.9 Å². The van der Waals surface area contributed by atoms with Crippen molar-refractivity contribution in [1.29, 1.82) is 0 Å². The highest BCUT2D eigenvalue weighted by atomic mass is 127. The van der Waals surface area contributed by atoms with Gasteiger partial charge in [-0.1, -0.05) is 0 Å². The second kappa shape index (κ2) is 7.74. The quantitative estimate of drug-likeness (QED) is 0.476. The molecular formula is C20H13F2IN2O4. The number of nitrogens with two attached hydrogens (primary N) is 1. The van der Waals surface area contributed by atoms with Gasteiger partial charge in [0.2, 0.25) is 6.79 Å². The Hall–Kier alpha value is -3.08. The van der Waals surface area contributed by atoms with E-state index in [-0.39, 0.29) is 35.2 Å². The molecule has 1 heterocycles. The normalized spacial score (nSPS) is 12.0. The molecule has 0 spiro atoms. The molecular weight excluding hydrogens is 497 g/mol. The first-order valence-corrected chi connectivity index (χ1v) is 9.41. The predicted molar refractivity (Wildman–Crippen MR) is 110 cm³/mol. The number of halogens is 3. The van der Waals surface area contributed by atoms with Crippen molar-refractivity contribution in [3.05, 3.63) is 69.3 Å². The van der Waals surface area contributed by atoms with Crippen LogP contribution in [-0.4, -0.2) is 12.7 Å². The maximum Gasteiger partial charge on any atom is 0.254 e. The van der Waals surface area contributed by atoms with Crippen LogP contribution in [0.5, 0.6) is 23.0 Å². The molecule has 3 N–H and O–H groups in total. The summed E-state index contributed by atoms with van der Waals surface area (Å²) in [7, 11) is 0. The van der Waals surface area contributed by atoms with Gasteiger partial charge < -0.3 is 25.3 Å². The molecule has 0 saturated carbocycles. The summed E-state index contributed by atoms with van der Waals surface area (Å²) < 4.78 is 45.4. The molecule has 29 heavy (non-hydrogen) atoms. The lowest BCUT2D eigenvalue weighted by Crippen LogP contribution is -2.15. The molecule has 1 aliphatic rings. The molecule has 0 aliphatic carbocycles. The van der Waals surface area contributed by atoms with Crippen LogP contribution in [0, 0.1) is 15.2 Å². The summed E-state index contributed by atoms with van der Waals surface area (Å²) in [4.78, 5) is 12.1. The predicted octanol–water partition coefficient (Wildman–Crippen LogP) is 4.93. The number of amides is 1. The molecule has 1 amide bonds. The maximum atomic E-state index is 14.2. The Balaban J connectivity index is 1.73. The van der Waals surface area contributed by atoms with Gasteiger partial charge in [-0.2, -0.15) is 0 Å². The fourth-order valence-electron chi connectivity index (χ4n) is 2.82. The second-order valence-corrected chi connectivity index (χ2v) is 7.30.